The fourth-order valence-electron chi connectivity index (χ4n) is 3.79. The van der Waals surface area contributed by atoms with Crippen molar-refractivity contribution in [1.29, 1.82) is 0 Å². The molecule has 0 heterocycles. The maximum absolute atomic E-state index is 13.4. The van der Waals surface area contributed by atoms with Gasteiger partial charge in [0.2, 0.25) is 5.91 Å². The van der Waals surface area contributed by atoms with Gasteiger partial charge in [-0.25, -0.2) is 18.4 Å². The lowest BCUT2D eigenvalue weighted by Crippen LogP contribution is -2.47. The highest BCUT2D eigenvalue weighted by Crippen LogP contribution is 2.44. The summed E-state index contributed by atoms with van der Waals surface area (Å²) < 4.78 is 32.0. The van der Waals surface area contributed by atoms with Gasteiger partial charge in [0, 0.05) is 5.92 Å². The van der Waals surface area contributed by atoms with Gasteiger partial charge in [-0.05, 0) is 28.7 Å². The van der Waals surface area contributed by atoms with Gasteiger partial charge in [0.05, 0.1) is 6.42 Å². The van der Waals surface area contributed by atoms with Crippen molar-refractivity contribution in [3.63, 3.8) is 0 Å². The van der Waals surface area contributed by atoms with Crippen LogP contribution in [0.1, 0.15) is 36.8 Å². The van der Waals surface area contributed by atoms with Gasteiger partial charge in [0.1, 0.15) is 18.7 Å². The van der Waals surface area contributed by atoms with Crippen LogP contribution in [0.15, 0.2) is 48.5 Å². The number of carboxylic acids is 1. The molecule has 2 aromatic carbocycles. The molecular weight excluding hydrogens is 422 g/mol. The van der Waals surface area contributed by atoms with E-state index in [1.165, 1.54) is 0 Å². The van der Waals surface area contributed by atoms with Crippen molar-refractivity contribution in [1.82, 2.24) is 10.6 Å². The number of fused-ring (bicyclic) bond motifs is 3. The molecule has 0 radical (unpaired) electrons. The molecule has 7 nitrogen and oxygen atoms in total. The van der Waals surface area contributed by atoms with Gasteiger partial charge < -0.3 is 20.5 Å². The van der Waals surface area contributed by atoms with Gasteiger partial charge in [-0.2, -0.15) is 0 Å². The Hall–Kier alpha value is -3.49. The van der Waals surface area contributed by atoms with Crippen molar-refractivity contribution < 1.29 is 33.0 Å². The molecule has 0 spiro atoms. The average molecular weight is 446 g/mol. The van der Waals surface area contributed by atoms with Gasteiger partial charge in [-0.3, -0.25) is 4.79 Å². The summed E-state index contributed by atoms with van der Waals surface area (Å²) in [4.78, 5) is 35.2. The Labute approximate surface area is 183 Å². The number of rotatable bonds is 9. The third-order valence-electron chi connectivity index (χ3n) is 5.40. The lowest BCUT2D eigenvalue weighted by molar-refractivity contribution is -0.142. The number of alkyl halides is 2. The third kappa shape index (κ3) is 5.22. The van der Waals surface area contributed by atoms with Crippen LogP contribution in [0.5, 0.6) is 0 Å². The number of hydrogen-bond donors (Lipinski definition) is 3. The van der Waals surface area contributed by atoms with Gasteiger partial charge >= 0.3 is 12.1 Å². The predicted octanol–water partition coefficient (Wildman–Crippen LogP) is 3.53. The SMILES string of the molecule is CCC(NC(=O)CC(NC(=O)OCC1c2ccccc2-c2ccccc21)C(F)F)C(=O)O. The number of alkyl carbamates (subject to hydrolysis) is 1. The topological polar surface area (TPSA) is 105 Å². The van der Waals surface area contributed by atoms with E-state index in [0.717, 1.165) is 22.3 Å². The van der Waals surface area contributed by atoms with E-state index in [9.17, 15) is 23.2 Å². The normalized spacial score (nSPS) is 14.2. The number of carboxylic acid groups (broad SMARTS) is 1. The summed E-state index contributed by atoms with van der Waals surface area (Å²) in [7, 11) is 0. The first kappa shape index (κ1) is 23.2. The maximum atomic E-state index is 13.4. The first-order valence-electron chi connectivity index (χ1n) is 10.2. The molecule has 2 atom stereocenters. The number of aliphatic carboxylic acids is 1. The highest BCUT2D eigenvalue weighted by atomic mass is 19.3. The van der Waals surface area contributed by atoms with E-state index in [0.29, 0.717) is 0 Å². The number of amides is 2. The Morgan fingerprint density at radius 3 is 2.06 bits per heavy atom. The fourth-order valence-corrected chi connectivity index (χ4v) is 3.79. The number of carbonyl (C=O) groups excluding carboxylic acids is 2. The number of carbonyl (C=O) groups is 3. The number of benzene rings is 2. The van der Waals surface area contributed by atoms with Crippen LogP contribution in [0, 0.1) is 0 Å². The molecule has 0 bridgehead atoms. The van der Waals surface area contributed by atoms with Crippen LogP contribution in [0.4, 0.5) is 13.6 Å². The zero-order valence-corrected chi connectivity index (χ0v) is 17.4. The number of hydrogen-bond acceptors (Lipinski definition) is 4. The summed E-state index contributed by atoms with van der Waals surface area (Å²) in [6.45, 7) is 1.48. The Kier molecular flexibility index (Phi) is 7.40. The maximum Gasteiger partial charge on any atom is 0.407 e. The van der Waals surface area contributed by atoms with Crippen molar-refractivity contribution in [3.05, 3.63) is 59.7 Å². The monoisotopic (exact) mass is 446 g/mol. The second-order valence-corrected chi connectivity index (χ2v) is 7.48. The molecule has 3 N–H and O–H groups in total. The van der Waals surface area contributed by atoms with Crippen molar-refractivity contribution in [2.45, 2.75) is 44.2 Å². The zero-order chi connectivity index (χ0) is 23.3. The Morgan fingerprint density at radius 2 is 1.56 bits per heavy atom. The Morgan fingerprint density at radius 1 is 1.00 bits per heavy atom. The van der Waals surface area contributed by atoms with Gasteiger partial charge in [-0.15, -0.1) is 0 Å². The summed E-state index contributed by atoms with van der Waals surface area (Å²) in [5.74, 6) is -2.40. The molecule has 9 heteroatoms. The van der Waals surface area contributed by atoms with E-state index >= 15 is 0 Å². The summed E-state index contributed by atoms with van der Waals surface area (Å²) in [6, 6.07) is 12.4. The van der Waals surface area contributed by atoms with Crippen LogP contribution >= 0.6 is 0 Å². The summed E-state index contributed by atoms with van der Waals surface area (Å²) in [6.07, 6.45) is -4.78. The Bertz CT molecular complexity index is 952. The smallest absolute Gasteiger partial charge is 0.407 e. The number of nitrogens with one attached hydrogen (secondary N) is 2. The average Bonchev–Trinajstić information content (AvgIpc) is 3.09. The largest absolute Gasteiger partial charge is 0.480 e. The molecule has 1 aliphatic carbocycles. The Balaban J connectivity index is 1.61. The van der Waals surface area contributed by atoms with E-state index in [1.807, 2.05) is 53.8 Å². The van der Waals surface area contributed by atoms with E-state index in [4.69, 9.17) is 9.84 Å². The van der Waals surface area contributed by atoms with E-state index < -0.39 is 42.9 Å². The summed E-state index contributed by atoms with van der Waals surface area (Å²) >= 11 is 0. The quantitative estimate of drug-likeness (QED) is 0.547. The summed E-state index contributed by atoms with van der Waals surface area (Å²) in [5, 5.41) is 13.2. The van der Waals surface area contributed by atoms with Crippen molar-refractivity contribution in [2.24, 2.45) is 0 Å². The van der Waals surface area contributed by atoms with Gasteiger partial charge in [0.25, 0.3) is 6.43 Å². The first-order valence-corrected chi connectivity index (χ1v) is 10.2. The van der Waals surface area contributed by atoms with Crippen LogP contribution in [0.25, 0.3) is 11.1 Å². The molecule has 3 rings (SSSR count). The van der Waals surface area contributed by atoms with E-state index in [1.54, 1.807) is 6.92 Å². The fraction of sp³-hybridized carbons (Fsp3) is 0.348. The molecule has 2 amide bonds. The van der Waals surface area contributed by atoms with E-state index in [-0.39, 0.29) is 18.9 Å². The van der Waals surface area contributed by atoms with Gasteiger partial charge in [0.15, 0.2) is 0 Å². The van der Waals surface area contributed by atoms with Crippen LogP contribution in [0.3, 0.4) is 0 Å². The summed E-state index contributed by atoms with van der Waals surface area (Å²) in [5.41, 5.74) is 4.02. The van der Waals surface area contributed by atoms with Crippen LogP contribution < -0.4 is 10.6 Å². The minimum Gasteiger partial charge on any atom is -0.480 e. The highest BCUT2D eigenvalue weighted by Gasteiger charge is 2.31. The van der Waals surface area contributed by atoms with Crippen LogP contribution in [0.2, 0.25) is 0 Å². The zero-order valence-electron chi connectivity index (χ0n) is 17.4. The second-order valence-electron chi connectivity index (χ2n) is 7.48. The van der Waals surface area contributed by atoms with Crippen molar-refractivity contribution in [2.75, 3.05) is 6.61 Å². The molecule has 1 aliphatic rings. The minimum absolute atomic E-state index is 0.0566. The molecule has 0 saturated carbocycles. The second kappa shape index (κ2) is 10.2. The predicted molar refractivity (Wildman–Crippen MR) is 112 cm³/mol. The lowest BCUT2D eigenvalue weighted by Gasteiger charge is -2.20. The molecule has 170 valence electrons. The third-order valence-corrected chi connectivity index (χ3v) is 5.40. The molecule has 32 heavy (non-hydrogen) atoms. The first-order chi connectivity index (χ1) is 15.3. The molecule has 0 saturated heterocycles. The molecule has 2 aromatic rings. The molecule has 0 aliphatic heterocycles. The molecule has 0 aromatic heterocycles. The van der Waals surface area contributed by atoms with Gasteiger partial charge in [-0.1, -0.05) is 55.5 Å². The van der Waals surface area contributed by atoms with Crippen molar-refractivity contribution >= 4 is 18.0 Å². The molecule has 0 fully saturated rings. The standard InChI is InChI=1S/C23H24F2N2O5/c1-2-18(22(29)30)26-20(28)11-19(21(24)25)27-23(31)32-12-17-15-9-5-3-7-13(15)14-8-4-6-10-16(14)17/h3-10,17-19,21H,2,11-12H2,1H3,(H,26,28)(H,27,31)(H,29,30). The number of ether oxygens (including phenoxy) is 1. The highest BCUT2D eigenvalue weighted by molar-refractivity contribution is 5.84. The lowest BCUT2D eigenvalue weighted by atomic mass is 9.98. The number of halogens is 2. The minimum atomic E-state index is -3.04. The molecular formula is C23H24F2N2O5. The molecule has 2 unspecified atom stereocenters. The van der Waals surface area contributed by atoms with Crippen LogP contribution in [-0.4, -0.2) is 48.2 Å². The van der Waals surface area contributed by atoms with Crippen molar-refractivity contribution in [3.8, 4) is 11.1 Å². The van der Waals surface area contributed by atoms with Crippen LogP contribution in [-0.2, 0) is 14.3 Å². The van der Waals surface area contributed by atoms with E-state index in [2.05, 4.69) is 5.32 Å².